The number of halogens is 1. The van der Waals surface area contributed by atoms with E-state index in [1.807, 2.05) is 39.0 Å². The quantitative estimate of drug-likeness (QED) is 0.922. The molecule has 2 N–H and O–H groups in total. The van der Waals surface area contributed by atoms with E-state index in [4.69, 9.17) is 17.3 Å². The molecule has 2 aromatic rings. The highest BCUT2D eigenvalue weighted by Gasteiger charge is 2.11. The van der Waals surface area contributed by atoms with Crippen molar-refractivity contribution < 1.29 is 0 Å². The summed E-state index contributed by atoms with van der Waals surface area (Å²) in [4.78, 5) is 4.37. The minimum Gasteiger partial charge on any atom is -0.324 e. The lowest BCUT2D eigenvalue weighted by atomic mass is 9.98. The molecule has 1 unspecified atom stereocenters. The summed E-state index contributed by atoms with van der Waals surface area (Å²) in [7, 11) is 0. The van der Waals surface area contributed by atoms with Crippen LogP contribution in [0.4, 0.5) is 0 Å². The van der Waals surface area contributed by atoms with E-state index in [2.05, 4.69) is 17.1 Å². The molecular formula is C16H19ClN2. The molecule has 0 radical (unpaired) electrons. The van der Waals surface area contributed by atoms with E-state index in [9.17, 15) is 0 Å². The zero-order valence-corrected chi connectivity index (χ0v) is 12.3. The third kappa shape index (κ3) is 3.55. The van der Waals surface area contributed by atoms with E-state index in [0.717, 1.165) is 39.5 Å². The largest absolute Gasteiger partial charge is 0.324 e. The summed E-state index contributed by atoms with van der Waals surface area (Å²) in [6, 6.07) is 10.1. The second-order valence-electron chi connectivity index (χ2n) is 5.09. The first kappa shape index (κ1) is 14.0. The SMILES string of the molecule is Cc1ccc(CC(N)c2cc(C)nc(C)c2)c(Cl)c1. The molecule has 2 rings (SSSR count). The third-order valence-corrected chi connectivity index (χ3v) is 3.53. The van der Waals surface area contributed by atoms with Gasteiger partial charge in [0.25, 0.3) is 0 Å². The number of aryl methyl sites for hydroxylation is 3. The Kier molecular flexibility index (Phi) is 4.23. The standard InChI is InChI=1S/C16H19ClN2/c1-10-4-5-13(15(17)6-10)9-16(18)14-7-11(2)19-12(3)8-14/h4-8,16H,9,18H2,1-3H3. The minimum atomic E-state index is -0.0550. The van der Waals surface area contributed by atoms with Gasteiger partial charge in [-0.05, 0) is 62.1 Å². The molecule has 0 amide bonds. The van der Waals surface area contributed by atoms with Crippen LogP contribution in [0.5, 0.6) is 0 Å². The van der Waals surface area contributed by atoms with Gasteiger partial charge in [-0.25, -0.2) is 0 Å². The van der Waals surface area contributed by atoms with Crippen molar-refractivity contribution >= 4 is 11.6 Å². The lowest BCUT2D eigenvalue weighted by molar-refractivity contribution is 0.717. The van der Waals surface area contributed by atoms with Crippen LogP contribution in [0.15, 0.2) is 30.3 Å². The average molecular weight is 275 g/mol. The Bertz CT molecular complexity index is 573. The second-order valence-corrected chi connectivity index (χ2v) is 5.50. The van der Waals surface area contributed by atoms with Crippen LogP contribution in [0.2, 0.25) is 5.02 Å². The van der Waals surface area contributed by atoms with Crippen LogP contribution in [0.3, 0.4) is 0 Å². The number of hydrogen-bond acceptors (Lipinski definition) is 2. The van der Waals surface area contributed by atoms with Gasteiger partial charge in [-0.2, -0.15) is 0 Å². The van der Waals surface area contributed by atoms with Gasteiger partial charge in [0.05, 0.1) is 0 Å². The summed E-state index contributed by atoms with van der Waals surface area (Å²) >= 11 is 6.26. The zero-order valence-electron chi connectivity index (χ0n) is 11.6. The normalized spacial score (nSPS) is 12.5. The van der Waals surface area contributed by atoms with Crippen LogP contribution in [0.25, 0.3) is 0 Å². The molecule has 0 aliphatic rings. The van der Waals surface area contributed by atoms with Gasteiger partial charge in [-0.3, -0.25) is 4.98 Å². The van der Waals surface area contributed by atoms with Crippen molar-refractivity contribution in [2.24, 2.45) is 5.73 Å². The van der Waals surface area contributed by atoms with E-state index >= 15 is 0 Å². The lowest BCUT2D eigenvalue weighted by Gasteiger charge is -2.14. The van der Waals surface area contributed by atoms with Crippen LogP contribution in [0.1, 0.15) is 34.1 Å². The molecule has 3 heteroatoms. The molecule has 0 aliphatic carbocycles. The summed E-state index contributed by atoms with van der Waals surface area (Å²) in [6.07, 6.45) is 0.738. The number of aromatic nitrogens is 1. The molecule has 0 fully saturated rings. The highest BCUT2D eigenvalue weighted by molar-refractivity contribution is 6.31. The summed E-state index contributed by atoms with van der Waals surface area (Å²) < 4.78 is 0. The Labute approximate surface area is 119 Å². The third-order valence-electron chi connectivity index (χ3n) is 3.18. The number of hydrogen-bond donors (Lipinski definition) is 1. The zero-order chi connectivity index (χ0) is 14.0. The first-order chi connectivity index (χ1) is 8.95. The van der Waals surface area contributed by atoms with Gasteiger partial charge in [0.1, 0.15) is 0 Å². The van der Waals surface area contributed by atoms with Crippen molar-refractivity contribution in [3.05, 3.63) is 63.4 Å². The summed E-state index contributed by atoms with van der Waals surface area (Å²) in [5.41, 5.74) is 11.7. The fraction of sp³-hybridized carbons (Fsp3) is 0.312. The molecule has 0 aliphatic heterocycles. The summed E-state index contributed by atoms with van der Waals surface area (Å²) in [5, 5.41) is 0.790. The smallest absolute Gasteiger partial charge is 0.0441 e. The van der Waals surface area contributed by atoms with Crippen molar-refractivity contribution in [2.75, 3.05) is 0 Å². The fourth-order valence-corrected chi connectivity index (χ4v) is 2.57. The molecule has 0 saturated carbocycles. The van der Waals surface area contributed by atoms with Crippen LogP contribution in [0, 0.1) is 20.8 Å². The van der Waals surface area contributed by atoms with Gasteiger partial charge in [0, 0.05) is 22.5 Å². The summed E-state index contributed by atoms with van der Waals surface area (Å²) in [5.74, 6) is 0. The monoisotopic (exact) mass is 274 g/mol. The van der Waals surface area contributed by atoms with E-state index in [1.165, 1.54) is 0 Å². The van der Waals surface area contributed by atoms with Crippen molar-refractivity contribution in [1.82, 2.24) is 4.98 Å². The van der Waals surface area contributed by atoms with E-state index in [0.29, 0.717) is 0 Å². The molecule has 0 spiro atoms. The number of pyridine rings is 1. The number of nitrogens with two attached hydrogens (primary N) is 1. The van der Waals surface area contributed by atoms with Gasteiger partial charge in [-0.1, -0.05) is 23.7 Å². The summed E-state index contributed by atoms with van der Waals surface area (Å²) in [6.45, 7) is 6.01. The number of rotatable bonds is 3. The molecule has 1 heterocycles. The maximum atomic E-state index is 6.29. The predicted molar refractivity (Wildman–Crippen MR) is 80.5 cm³/mol. The Morgan fingerprint density at radius 1 is 1.11 bits per heavy atom. The fourth-order valence-electron chi connectivity index (χ4n) is 2.25. The molecule has 2 nitrogen and oxygen atoms in total. The first-order valence-electron chi connectivity index (χ1n) is 6.41. The maximum Gasteiger partial charge on any atom is 0.0441 e. The molecule has 1 atom stereocenters. The van der Waals surface area contributed by atoms with Crippen LogP contribution in [-0.4, -0.2) is 4.98 Å². The first-order valence-corrected chi connectivity index (χ1v) is 6.79. The molecular weight excluding hydrogens is 256 g/mol. The van der Waals surface area contributed by atoms with Crippen molar-refractivity contribution in [1.29, 1.82) is 0 Å². The lowest BCUT2D eigenvalue weighted by Crippen LogP contribution is -2.14. The Morgan fingerprint density at radius 2 is 1.74 bits per heavy atom. The highest BCUT2D eigenvalue weighted by atomic mass is 35.5. The molecule has 19 heavy (non-hydrogen) atoms. The molecule has 0 bridgehead atoms. The van der Waals surface area contributed by atoms with Gasteiger partial charge in [0.15, 0.2) is 0 Å². The Balaban J connectivity index is 2.22. The number of nitrogens with zero attached hydrogens (tertiary/aromatic N) is 1. The topological polar surface area (TPSA) is 38.9 Å². The minimum absolute atomic E-state index is 0.0550. The molecule has 1 aromatic heterocycles. The van der Waals surface area contributed by atoms with E-state index < -0.39 is 0 Å². The predicted octanol–water partition coefficient (Wildman–Crippen LogP) is 3.90. The van der Waals surface area contributed by atoms with Gasteiger partial charge in [-0.15, -0.1) is 0 Å². The van der Waals surface area contributed by atoms with Crippen LogP contribution in [-0.2, 0) is 6.42 Å². The van der Waals surface area contributed by atoms with Crippen LogP contribution < -0.4 is 5.73 Å². The second kappa shape index (κ2) is 5.72. The van der Waals surface area contributed by atoms with E-state index in [-0.39, 0.29) is 6.04 Å². The highest BCUT2D eigenvalue weighted by Crippen LogP contribution is 2.23. The maximum absolute atomic E-state index is 6.29. The molecule has 100 valence electrons. The van der Waals surface area contributed by atoms with Crippen LogP contribution >= 0.6 is 11.6 Å². The van der Waals surface area contributed by atoms with Crippen molar-refractivity contribution in [2.45, 2.75) is 33.2 Å². The average Bonchev–Trinajstić information content (AvgIpc) is 2.31. The molecule has 0 saturated heterocycles. The Morgan fingerprint density at radius 3 is 2.32 bits per heavy atom. The van der Waals surface area contributed by atoms with Gasteiger partial charge < -0.3 is 5.73 Å². The van der Waals surface area contributed by atoms with Crippen molar-refractivity contribution in [3.63, 3.8) is 0 Å². The van der Waals surface area contributed by atoms with Gasteiger partial charge >= 0.3 is 0 Å². The number of benzene rings is 1. The van der Waals surface area contributed by atoms with Gasteiger partial charge in [0.2, 0.25) is 0 Å². The molecule has 1 aromatic carbocycles. The Hall–Kier alpha value is -1.38. The van der Waals surface area contributed by atoms with Crippen molar-refractivity contribution in [3.8, 4) is 0 Å². The van der Waals surface area contributed by atoms with E-state index in [1.54, 1.807) is 0 Å².